The molecule has 3 aromatic rings. The Morgan fingerprint density at radius 2 is 1.85 bits per heavy atom. The zero-order valence-corrected chi connectivity index (χ0v) is 15.0. The largest absolute Gasteiger partial charge is 0.496 e. The molecule has 132 valence electrons. The minimum atomic E-state index is -2.55. The summed E-state index contributed by atoms with van der Waals surface area (Å²) in [6.45, 7) is 1.47. The molecule has 0 bridgehead atoms. The van der Waals surface area contributed by atoms with E-state index in [1.165, 1.54) is 6.92 Å². The van der Waals surface area contributed by atoms with E-state index in [9.17, 15) is 4.79 Å². The molecule has 0 saturated heterocycles. The number of carbonyl (C=O) groups is 1. The van der Waals surface area contributed by atoms with Crippen LogP contribution in [-0.4, -0.2) is 12.9 Å². The SMILES string of the molecule is [2H]C([2H])([2H])Oc1ccc(Cc2ccc(NC(C)=O)cc2)cc1-c1cccc(Cl)c1. The molecule has 0 heterocycles. The molecule has 0 aliphatic rings. The van der Waals surface area contributed by atoms with Crippen LogP contribution in [0.2, 0.25) is 5.02 Å². The smallest absolute Gasteiger partial charge is 0.221 e. The summed E-state index contributed by atoms with van der Waals surface area (Å²) in [5, 5.41) is 3.30. The quantitative estimate of drug-likeness (QED) is 0.639. The summed E-state index contributed by atoms with van der Waals surface area (Å²) in [7, 11) is -2.55. The number of halogens is 1. The van der Waals surface area contributed by atoms with E-state index in [1.807, 2.05) is 48.5 Å². The molecule has 4 heteroatoms. The van der Waals surface area contributed by atoms with Crippen molar-refractivity contribution >= 4 is 23.2 Å². The minimum Gasteiger partial charge on any atom is -0.496 e. The Kier molecular flexibility index (Phi) is 4.47. The van der Waals surface area contributed by atoms with E-state index >= 15 is 0 Å². The van der Waals surface area contributed by atoms with Crippen molar-refractivity contribution in [2.75, 3.05) is 12.4 Å². The predicted molar refractivity (Wildman–Crippen MR) is 107 cm³/mol. The lowest BCUT2D eigenvalue weighted by molar-refractivity contribution is -0.114. The van der Waals surface area contributed by atoms with Crippen molar-refractivity contribution in [1.29, 1.82) is 0 Å². The number of rotatable bonds is 5. The lowest BCUT2D eigenvalue weighted by Crippen LogP contribution is -2.05. The van der Waals surface area contributed by atoms with Crippen molar-refractivity contribution < 1.29 is 13.6 Å². The number of carbonyl (C=O) groups excluding carboxylic acids is 1. The third kappa shape index (κ3) is 4.44. The zero-order valence-electron chi connectivity index (χ0n) is 17.3. The van der Waals surface area contributed by atoms with Gasteiger partial charge >= 0.3 is 0 Å². The van der Waals surface area contributed by atoms with Crippen LogP contribution in [0.15, 0.2) is 66.7 Å². The van der Waals surface area contributed by atoms with Gasteiger partial charge in [-0.15, -0.1) is 0 Å². The van der Waals surface area contributed by atoms with E-state index in [-0.39, 0.29) is 11.7 Å². The second-order valence-electron chi connectivity index (χ2n) is 6.00. The first-order valence-electron chi connectivity index (χ1n) is 9.64. The lowest BCUT2D eigenvalue weighted by Gasteiger charge is -2.12. The first-order chi connectivity index (χ1) is 13.7. The molecule has 0 unspecified atom stereocenters. The third-order valence-corrected chi connectivity index (χ3v) is 4.21. The third-order valence-electron chi connectivity index (χ3n) is 3.97. The summed E-state index contributed by atoms with van der Waals surface area (Å²) in [5.41, 5.74) is 4.23. The van der Waals surface area contributed by atoms with Gasteiger partial charge in [0, 0.05) is 23.2 Å². The molecule has 26 heavy (non-hydrogen) atoms. The van der Waals surface area contributed by atoms with Gasteiger partial charge < -0.3 is 10.1 Å². The summed E-state index contributed by atoms with van der Waals surface area (Å²) < 4.78 is 27.5. The maximum absolute atomic E-state index is 11.1. The number of anilines is 1. The summed E-state index contributed by atoms with van der Waals surface area (Å²) in [5.74, 6) is 0.158. The van der Waals surface area contributed by atoms with Gasteiger partial charge in [0.2, 0.25) is 5.91 Å². The molecule has 3 aromatic carbocycles. The van der Waals surface area contributed by atoms with Crippen molar-refractivity contribution in [3.05, 3.63) is 82.9 Å². The fourth-order valence-corrected chi connectivity index (χ4v) is 2.99. The Morgan fingerprint density at radius 3 is 2.54 bits per heavy atom. The van der Waals surface area contributed by atoms with Crippen molar-refractivity contribution in [3.63, 3.8) is 0 Å². The maximum atomic E-state index is 11.1. The maximum Gasteiger partial charge on any atom is 0.221 e. The first-order valence-corrected chi connectivity index (χ1v) is 8.52. The van der Waals surface area contributed by atoms with Crippen LogP contribution < -0.4 is 10.1 Å². The second kappa shape index (κ2) is 8.07. The lowest BCUT2D eigenvalue weighted by atomic mass is 9.98. The van der Waals surface area contributed by atoms with Gasteiger partial charge in [-0.05, 0) is 59.5 Å². The molecule has 0 fully saturated rings. The van der Waals surface area contributed by atoms with Crippen LogP contribution in [0.3, 0.4) is 0 Å². The molecular weight excluding hydrogens is 346 g/mol. The van der Waals surface area contributed by atoms with E-state index in [0.29, 0.717) is 17.0 Å². The average molecular weight is 369 g/mol. The van der Waals surface area contributed by atoms with Crippen LogP contribution in [0, 0.1) is 0 Å². The van der Waals surface area contributed by atoms with Crippen molar-refractivity contribution in [2.45, 2.75) is 13.3 Å². The molecule has 0 aliphatic carbocycles. The van der Waals surface area contributed by atoms with Crippen LogP contribution in [-0.2, 0) is 11.2 Å². The second-order valence-corrected chi connectivity index (χ2v) is 6.43. The highest BCUT2D eigenvalue weighted by Crippen LogP contribution is 2.33. The van der Waals surface area contributed by atoms with E-state index in [0.717, 1.165) is 22.4 Å². The number of hydrogen-bond acceptors (Lipinski definition) is 2. The summed E-state index contributed by atoms with van der Waals surface area (Å²) in [6.07, 6.45) is 0.641. The van der Waals surface area contributed by atoms with Gasteiger partial charge in [0.1, 0.15) is 5.75 Å². The molecule has 0 radical (unpaired) electrons. The zero-order chi connectivity index (χ0) is 21.0. The Labute approximate surface area is 162 Å². The number of hydrogen-bond donors (Lipinski definition) is 1. The normalized spacial score (nSPS) is 12.6. The molecule has 0 spiro atoms. The van der Waals surface area contributed by atoms with Gasteiger partial charge in [0.25, 0.3) is 0 Å². The van der Waals surface area contributed by atoms with Crippen LogP contribution in [0.5, 0.6) is 5.75 Å². The van der Waals surface area contributed by atoms with Crippen LogP contribution in [0.1, 0.15) is 22.2 Å². The molecule has 0 saturated carbocycles. The number of nitrogens with one attached hydrogen (secondary N) is 1. The molecular formula is C22H20ClNO2. The first kappa shape index (κ1) is 14.4. The minimum absolute atomic E-state index is 0.117. The van der Waals surface area contributed by atoms with Gasteiger partial charge in [-0.1, -0.05) is 41.9 Å². The predicted octanol–water partition coefficient (Wildman–Crippen LogP) is 5.56. The van der Waals surface area contributed by atoms with Crippen molar-refractivity contribution in [2.24, 2.45) is 0 Å². The topological polar surface area (TPSA) is 38.3 Å². The number of benzene rings is 3. The monoisotopic (exact) mass is 368 g/mol. The molecule has 0 aromatic heterocycles. The fourth-order valence-electron chi connectivity index (χ4n) is 2.80. The summed E-state index contributed by atoms with van der Waals surface area (Å²) in [6, 6.07) is 20.2. The van der Waals surface area contributed by atoms with Gasteiger partial charge in [0.05, 0.1) is 11.2 Å². The van der Waals surface area contributed by atoms with Gasteiger partial charge in [0.15, 0.2) is 0 Å². The fraction of sp³-hybridized carbons (Fsp3) is 0.136. The summed E-state index contributed by atoms with van der Waals surface area (Å²) in [4.78, 5) is 11.1. The highest BCUT2D eigenvalue weighted by Gasteiger charge is 2.08. The highest BCUT2D eigenvalue weighted by atomic mass is 35.5. The van der Waals surface area contributed by atoms with Gasteiger partial charge in [-0.3, -0.25) is 4.79 Å². The average Bonchev–Trinajstić information content (AvgIpc) is 2.63. The van der Waals surface area contributed by atoms with E-state index < -0.39 is 7.04 Å². The van der Waals surface area contributed by atoms with E-state index in [2.05, 4.69) is 5.32 Å². The number of amides is 1. The standard InChI is InChI=1S/C22H20ClNO2/c1-15(25)24-20-9-6-16(7-10-20)12-17-8-11-22(26-2)21(13-17)18-4-3-5-19(23)14-18/h3-11,13-14H,12H2,1-2H3,(H,24,25)/i2D3. The van der Waals surface area contributed by atoms with Crippen LogP contribution in [0.25, 0.3) is 11.1 Å². The Hall–Kier alpha value is -2.78. The van der Waals surface area contributed by atoms with Crippen LogP contribution in [0.4, 0.5) is 5.69 Å². The summed E-state index contributed by atoms with van der Waals surface area (Å²) >= 11 is 6.12. The molecule has 0 atom stereocenters. The Morgan fingerprint density at radius 1 is 1.08 bits per heavy atom. The van der Waals surface area contributed by atoms with E-state index in [4.69, 9.17) is 20.5 Å². The molecule has 1 amide bonds. The number of methoxy groups -OCH3 is 1. The molecule has 3 nitrogen and oxygen atoms in total. The Balaban J connectivity index is 1.92. The van der Waals surface area contributed by atoms with Gasteiger partial charge in [-0.25, -0.2) is 0 Å². The highest BCUT2D eigenvalue weighted by molar-refractivity contribution is 6.30. The van der Waals surface area contributed by atoms with Crippen LogP contribution >= 0.6 is 11.6 Å². The Bertz CT molecular complexity index is 1020. The molecule has 3 rings (SSSR count). The molecule has 0 aliphatic heterocycles. The van der Waals surface area contributed by atoms with Gasteiger partial charge in [-0.2, -0.15) is 0 Å². The van der Waals surface area contributed by atoms with Crippen molar-refractivity contribution in [3.8, 4) is 16.9 Å². The van der Waals surface area contributed by atoms with Crippen molar-refractivity contribution in [1.82, 2.24) is 0 Å². The molecule has 1 N–H and O–H groups in total. The number of ether oxygens (including phenoxy) is 1. The van der Waals surface area contributed by atoms with E-state index in [1.54, 1.807) is 18.2 Å².